The van der Waals surface area contributed by atoms with Gasteiger partial charge < -0.3 is 19.0 Å². The van der Waals surface area contributed by atoms with Crippen molar-refractivity contribution in [3.05, 3.63) is 24.3 Å². The van der Waals surface area contributed by atoms with Gasteiger partial charge in [-0.15, -0.1) is 0 Å². The molecule has 1 spiro atoms. The lowest BCUT2D eigenvalue weighted by atomic mass is 9.82. The maximum Gasteiger partial charge on any atom is 0.298 e. The molecule has 2 saturated carbocycles. The maximum absolute atomic E-state index is 13.3. The van der Waals surface area contributed by atoms with E-state index in [1.165, 1.54) is 19.3 Å². The summed E-state index contributed by atoms with van der Waals surface area (Å²) in [7, 11) is 0. The molecule has 4 fully saturated rings. The van der Waals surface area contributed by atoms with Gasteiger partial charge in [0, 0.05) is 25.6 Å². The van der Waals surface area contributed by atoms with E-state index in [9.17, 15) is 4.79 Å². The summed E-state index contributed by atoms with van der Waals surface area (Å²) >= 11 is 0. The molecule has 2 saturated heterocycles. The van der Waals surface area contributed by atoms with Crippen LogP contribution in [0.1, 0.15) is 38.5 Å². The molecule has 3 atom stereocenters. The monoisotopic (exact) mass is 395 g/mol. The molecule has 1 aromatic carbocycles. The normalized spacial score (nSPS) is 32.6. The highest BCUT2D eigenvalue weighted by atomic mass is 16.5. The number of piperidine rings is 1. The Labute approximate surface area is 171 Å². The van der Waals surface area contributed by atoms with E-state index >= 15 is 0 Å². The number of para-hydroxylation sites is 2. The summed E-state index contributed by atoms with van der Waals surface area (Å²) in [5.41, 5.74) is 1.69. The van der Waals surface area contributed by atoms with Gasteiger partial charge in [-0.05, 0) is 62.5 Å². The summed E-state index contributed by atoms with van der Waals surface area (Å²) in [6, 6.07) is 8.55. The largest absolute Gasteiger partial charge is 0.423 e. The number of nitrogens with zero attached hydrogens (tertiary/aromatic N) is 3. The Morgan fingerprint density at radius 1 is 1.10 bits per heavy atom. The van der Waals surface area contributed by atoms with Crippen molar-refractivity contribution < 1.29 is 13.9 Å². The van der Waals surface area contributed by atoms with Crippen molar-refractivity contribution in [2.24, 2.45) is 17.8 Å². The topological polar surface area (TPSA) is 58.8 Å². The number of ether oxygens (including phenoxy) is 1. The number of rotatable bonds is 2. The van der Waals surface area contributed by atoms with Crippen molar-refractivity contribution in [2.75, 3.05) is 37.7 Å². The fraction of sp³-hybridized carbons (Fsp3) is 0.652. The van der Waals surface area contributed by atoms with Crippen molar-refractivity contribution in [3.8, 4) is 0 Å². The van der Waals surface area contributed by atoms with Gasteiger partial charge in [-0.2, -0.15) is 4.98 Å². The Kier molecular flexibility index (Phi) is 4.12. The molecule has 6 heteroatoms. The molecule has 2 aromatic rings. The number of fused-ring (bicyclic) bond motifs is 4. The van der Waals surface area contributed by atoms with E-state index in [1.807, 2.05) is 24.3 Å². The molecule has 6 rings (SSSR count). The highest BCUT2D eigenvalue weighted by Crippen LogP contribution is 2.53. The maximum atomic E-state index is 13.3. The minimum absolute atomic E-state index is 0.0320. The summed E-state index contributed by atoms with van der Waals surface area (Å²) in [5.74, 6) is 1.95. The zero-order valence-electron chi connectivity index (χ0n) is 16.9. The van der Waals surface area contributed by atoms with E-state index in [1.54, 1.807) is 0 Å². The van der Waals surface area contributed by atoms with Crippen LogP contribution in [-0.4, -0.2) is 54.2 Å². The molecular weight excluding hydrogens is 366 g/mol. The van der Waals surface area contributed by atoms with Crippen LogP contribution < -0.4 is 4.90 Å². The second kappa shape index (κ2) is 6.73. The lowest BCUT2D eigenvalue weighted by molar-refractivity contribution is -0.164. The van der Waals surface area contributed by atoms with Crippen LogP contribution in [-0.2, 0) is 9.53 Å². The van der Waals surface area contributed by atoms with Gasteiger partial charge in [0.25, 0.3) is 6.01 Å². The molecule has 29 heavy (non-hydrogen) atoms. The number of hydrogen-bond donors (Lipinski definition) is 0. The van der Waals surface area contributed by atoms with Crippen molar-refractivity contribution in [3.63, 3.8) is 0 Å². The first-order chi connectivity index (χ1) is 14.2. The number of anilines is 1. The van der Waals surface area contributed by atoms with Crippen LogP contribution in [0.3, 0.4) is 0 Å². The van der Waals surface area contributed by atoms with Crippen LogP contribution in [0.15, 0.2) is 28.7 Å². The van der Waals surface area contributed by atoms with Crippen LogP contribution in [0.4, 0.5) is 6.01 Å². The Morgan fingerprint density at radius 2 is 1.97 bits per heavy atom. The second-order valence-corrected chi connectivity index (χ2v) is 9.48. The predicted molar refractivity (Wildman–Crippen MR) is 110 cm³/mol. The lowest BCUT2D eigenvalue weighted by Gasteiger charge is -2.46. The average molecular weight is 396 g/mol. The van der Waals surface area contributed by atoms with Crippen molar-refractivity contribution in [1.82, 2.24) is 9.88 Å². The van der Waals surface area contributed by atoms with Gasteiger partial charge in [0.15, 0.2) is 5.58 Å². The highest BCUT2D eigenvalue weighted by molar-refractivity contribution is 5.79. The third kappa shape index (κ3) is 2.95. The minimum Gasteiger partial charge on any atom is -0.423 e. The van der Waals surface area contributed by atoms with Crippen LogP contribution >= 0.6 is 0 Å². The van der Waals surface area contributed by atoms with E-state index < -0.39 is 0 Å². The van der Waals surface area contributed by atoms with E-state index in [0.29, 0.717) is 24.4 Å². The van der Waals surface area contributed by atoms with Gasteiger partial charge in [0.1, 0.15) is 5.52 Å². The molecule has 2 bridgehead atoms. The number of amides is 1. The number of oxazole rings is 1. The molecular formula is C23H29N3O3. The number of aromatic nitrogens is 1. The van der Waals surface area contributed by atoms with E-state index in [2.05, 4.69) is 14.8 Å². The molecule has 3 heterocycles. The Balaban J connectivity index is 1.10. The van der Waals surface area contributed by atoms with E-state index in [-0.39, 0.29) is 11.5 Å². The fourth-order valence-corrected chi connectivity index (χ4v) is 6.33. The standard InChI is InChI=1S/C23H29N3O3/c27-21(26-11-12-28-23(15-26)14-16-5-6-18(23)13-16)17-7-9-25(10-8-17)22-24-19-3-1-2-4-20(19)29-22/h1-4,16-18H,5-15H2. The van der Waals surface area contributed by atoms with Crippen molar-refractivity contribution >= 4 is 23.0 Å². The molecule has 0 N–H and O–H groups in total. The minimum atomic E-state index is -0.0320. The molecule has 2 aliphatic heterocycles. The molecule has 2 aliphatic carbocycles. The molecule has 0 radical (unpaired) electrons. The summed E-state index contributed by atoms with van der Waals surface area (Å²) in [6.45, 7) is 3.92. The molecule has 3 unspecified atom stereocenters. The van der Waals surface area contributed by atoms with Crippen LogP contribution in [0.25, 0.3) is 11.1 Å². The van der Waals surface area contributed by atoms with Gasteiger partial charge in [0.05, 0.1) is 18.8 Å². The first-order valence-electron chi connectivity index (χ1n) is 11.2. The van der Waals surface area contributed by atoms with E-state index in [0.717, 1.165) is 62.5 Å². The number of carbonyl (C=O) groups is 1. The third-order valence-electron chi connectivity index (χ3n) is 7.84. The number of hydrogen-bond acceptors (Lipinski definition) is 5. The number of carbonyl (C=O) groups excluding carboxylic acids is 1. The summed E-state index contributed by atoms with van der Waals surface area (Å²) < 4.78 is 12.2. The fourth-order valence-electron chi connectivity index (χ4n) is 6.33. The van der Waals surface area contributed by atoms with Crippen LogP contribution in [0.2, 0.25) is 0 Å². The summed E-state index contributed by atoms with van der Waals surface area (Å²) in [6.07, 6.45) is 6.86. The molecule has 6 nitrogen and oxygen atoms in total. The third-order valence-corrected chi connectivity index (χ3v) is 7.84. The molecule has 1 aromatic heterocycles. The van der Waals surface area contributed by atoms with Crippen LogP contribution in [0.5, 0.6) is 0 Å². The van der Waals surface area contributed by atoms with E-state index in [4.69, 9.17) is 9.15 Å². The molecule has 154 valence electrons. The van der Waals surface area contributed by atoms with Gasteiger partial charge >= 0.3 is 0 Å². The zero-order valence-corrected chi connectivity index (χ0v) is 16.9. The number of benzene rings is 1. The Morgan fingerprint density at radius 3 is 2.72 bits per heavy atom. The zero-order chi connectivity index (χ0) is 19.4. The smallest absolute Gasteiger partial charge is 0.298 e. The highest BCUT2D eigenvalue weighted by Gasteiger charge is 2.54. The Hall–Kier alpha value is -2.08. The van der Waals surface area contributed by atoms with Crippen LogP contribution in [0, 0.1) is 17.8 Å². The Bertz CT molecular complexity index is 886. The molecule has 4 aliphatic rings. The SMILES string of the molecule is O=C(C1CCN(c2nc3ccccc3o2)CC1)N1CCOC2(CC3CCC2C3)C1. The number of morpholine rings is 1. The molecule has 1 amide bonds. The van der Waals surface area contributed by atoms with Gasteiger partial charge in [-0.1, -0.05) is 12.1 Å². The first kappa shape index (κ1) is 17.8. The summed E-state index contributed by atoms with van der Waals surface area (Å²) in [5, 5.41) is 0. The quantitative estimate of drug-likeness (QED) is 0.779. The van der Waals surface area contributed by atoms with Crippen molar-refractivity contribution in [1.29, 1.82) is 0 Å². The predicted octanol–water partition coefficient (Wildman–Crippen LogP) is 3.46. The average Bonchev–Trinajstić information content (AvgIpc) is 3.47. The van der Waals surface area contributed by atoms with Crippen molar-refractivity contribution in [2.45, 2.75) is 44.1 Å². The second-order valence-electron chi connectivity index (χ2n) is 9.48. The van der Waals surface area contributed by atoms with Gasteiger partial charge in [-0.3, -0.25) is 4.79 Å². The summed E-state index contributed by atoms with van der Waals surface area (Å²) in [4.78, 5) is 22.2. The van der Waals surface area contributed by atoms with Gasteiger partial charge in [-0.25, -0.2) is 0 Å². The van der Waals surface area contributed by atoms with Gasteiger partial charge in [0.2, 0.25) is 5.91 Å². The lowest BCUT2D eigenvalue weighted by Crippen LogP contribution is -2.57. The first-order valence-corrected chi connectivity index (χ1v) is 11.2.